The van der Waals surface area contributed by atoms with E-state index in [0.29, 0.717) is 11.5 Å². The molecule has 0 aliphatic carbocycles. The van der Waals surface area contributed by atoms with Crippen molar-refractivity contribution in [2.24, 2.45) is 5.92 Å². The summed E-state index contributed by atoms with van der Waals surface area (Å²) < 4.78 is 10.3. The minimum Gasteiger partial charge on any atom is -0.462 e. The SMILES string of the molecule is CC(C)Cc1ccc(C(C)C(=O)OCCOC(=O)c2cccnc2)cc1. The summed E-state index contributed by atoms with van der Waals surface area (Å²) in [4.78, 5) is 27.8. The molecule has 1 heterocycles. The van der Waals surface area contributed by atoms with E-state index in [1.807, 2.05) is 12.1 Å². The van der Waals surface area contributed by atoms with E-state index in [1.165, 1.54) is 11.8 Å². The first-order valence-corrected chi connectivity index (χ1v) is 8.80. The van der Waals surface area contributed by atoms with Crippen LogP contribution in [-0.4, -0.2) is 30.1 Å². The zero-order valence-corrected chi connectivity index (χ0v) is 15.5. The molecule has 0 spiro atoms. The third-order valence-corrected chi connectivity index (χ3v) is 3.94. The Morgan fingerprint density at radius 1 is 1.00 bits per heavy atom. The van der Waals surface area contributed by atoms with Crippen molar-refractivity contribution in [1.29, 1.82) is 0 Å². The Hall–Kier alpha value is -2.69. The summed E-state index contributed by atoms with van der Waals surface area (Å²) in [6.45, 7) is 6.20. The lowest BCUT2D eigenvalue weighted by atomic mass is 9.97. The third-order valence-electron chi connectivity index (χ3n) is 3.94. The van der Waals surface area contributed by atoms with Gasteiger partial charge in [0.25, 0.3) is 0 Å². The molecular formula is C21H25NO4. The summed E-state index contributed by atoms with van der Waals surface area (Å²) in [7, 11) is 0. The van der Waals surface area contributed by atoms with Crippen molar-refractivity contribution >= 4 is 11.9 Å². The van der Waals surface area contributed by atoms with Crippen molar-refractivity contribution in [3.8, 4) is 0 Å². The molecule has 1 aromatic carbocycles. The highest BCUT2D eigenvalue weighted by molar-refractivity contribution is 5.88. The molecule has 0 saturated carbocycles. The lowest BCUT2D eigenvalue weighted by Gasteiger charge is -2.13. The van der Waals surface area contributed by atoms with Gasteiger partial charge in [0.1, 0.15) is 13.2 Å². The summed E-state index contributed by atoms with van der Waals surface area (Å²) >= 11 is 0. The van der Waals surface area contributed by atoms with E-state index in [4.69, 9.17) is 9.47 Å². The Morgan fingerprint density at radius 2 is 1.69 bits per heavy atom. The van der Waals surface area contributed by atoms with E-state index in [0.717, 1.165) is 12.0 Å². The van der Waals surface area contributed by atoms with Crippen molar-refractivity contribution in [3.63, 3.8) is 0 Å². The number of pyridine rings is 1. The molecule has 0 aliphatic rings. The van der Waals surface area contributed by atoms with Crippen LogP contribution in [-0.2, 0) is 20.7 Å². The second-order valence-electron chi connectivity index (χ2n) is 6.61. The number of carbonyl (C=O) groups excluding carboxylic acids is 2. The smallest absolute Gasteiger partial charge is 0.339 e. The number of benzene rings is 1. The van der Waals surface area contributed by atoms with Crippen molar-refractivity contribution in [3.05, 3.63) is 65.5 Å². The Labute approximate surface area is 154 Å². The maximum Gasteiger partial charge on any atom is 0.339 e. The molecule has 26 heavy (non-hydrogen) atoms. The number of rotatable bonds is 8. The maximum atomic E-state index is 12.1. The van der Waals surface area contributed by atoms with Crippen molar-refractivity contribution in [2.45, 2.75) is 33.1 Å². The van der Waals surface area contributed by atoms with Gasteiger partial charge >= 0.3 is 11.9 Å². The number of esters is 2. The molecule has 2 aromatic rings. The Balaban J connectivity index is 1.75. The number of ether oxygens (including phenoxy) is 2. The van der Waals surface area contributed by atoms with E-state index in [-0.39, 0.29) is 25.1 Å². The first kappa shape index (κ1) is 19.6. The monoisotopic (exact) mass is 355 g/mol. The molecule has 0 saturated heterocycles. The van der Waals surface area contributed by atoms with Crippen LogP contribution in [0.3, 0.4) is 0 Å². The van der Waals surface area contributed by atoms with Crippen molar-refractivity contribution < 1.29 is 19.1 Å². The highest BCUT2D eigenvalue weighted by Gasteiger charge is 2.17. The zero-order valence-electron chi connectivity index (χ0n) is 15.5. The molecule has 0 fully saturated rings. The van der Waals surface area contributed by atoms with Crippen LogP contribution in [0.1, 0.15) is 48.2 Å². The fraction of sp³-hybridized carbons (Fsp3) is 0.381. The topological polar surface area (TPSA) is 65.5 Å². The van der Waals surface area contributed by atoms with Crippen molar-refractivity contribution in [1.82, 2.24) is 4.98 Å². The molecule has 5 nitrogen and oxygen atoms in total. The minimum atomic E-state index is -0.483. The predicted molar refractivity (Wildman–Crippen MR) is 98.9 cm³/mol. The molecule has 1 aromatic heterocycles. The zero-order chi connectivity index (χ0) is 18.9. The lowest BCUT2D eigenvalue weighted by Crippen LogP contribution is -2.18. The molecule has 0 amide bonds. The lowest BCUT2D eigenvalue weighted by molar-refractivity contribution is -0.146. The normalized spacial score (nSPS) is 11.8. The predicted octanol–water partition coefficient (Wildman–Crippen LogP) is 3.78. The minimum absolute atomic E-state index is 0.0134. The maximum absolute atomic E-state index is 12.1. The number of carbonyl (C=O) groups is 2. The Morgan fingerprint density at radius 3 is 2.31 bits per heavy atom. The van der Waals surface area contributed by atoms with Crippen LogP contribution in [0.25, 0.3) is 0 Å². The molecule has 0 N–H and O–H groups in total. The van der Waals surface area contributed by atoms with E-state index in [2.05, 4.69) is 31.0 Å². The molecule has 2 rings (SSSR count). The van der Waals surface area contributed by atoms with E-state index in [9.17, 15) is 9.59 Å². The van der Waals surface area contributed by atoms with Gasteiger partial charge in [-0.1, -0.05) is 38.1 Å². The Kier molecular flexibility index (Phi) is 7.33. The van der Waals surface area contributed by atoms with Gasteiger partial charge in [-0.2, -0.15) is 0 Å². The van der Waals surface area contributed by atoms with Gasteiger partial charge in [-0.05, 0) is 42.5 Å². The first-order chi connectivity index (χ1) is 12.5. The number of aromatic nitrogens is 1. The Bertz CT molecular complexity index is 711. The van der Waals surface area contributed by atoms with Gasteiger partial charge in [-0.25, -0.2) is 4.79 Å². The molecule has 0 bridgehead atoms. The largest absolute Gasteiger partial charge is 0.462 e. The average Bonchev–Trinajstić information content (AvgIpc) is 2.65. The highest BCUT2D eigenvalue weighted by atomic mass is 16.6. The standard InChI is InChI=1S/C21H25NO4/c1-15(2)13-17-6-8-18(9-7-17)16(3)20(23)25-11-12-26-21(24)19-5-4-10-22-14-19/h4-10,14-16H,11-13H2,1-3H3. The fourth-order valence-corrected chi connectivity index (χ4v) is 2.52. The summed E-state index contributed by atoms with van der Waals surface area (Å²) in [5.41, 5.74) is 2.54. The second kappa shape index (κ2) is 9.70. The van der Waals surface area contributed by atoms with Gasteiger partial charge < -0.3 is 9.47 Å². The number of hydrogen-bond acceptors (Lipinski definition) is 5. The van der Waals surface area contributed by atoms with Crippen LogP contribution in [0, 0.1) is 5.92 Å². The molecule has 5 heteroatoms. The van der Waals surface area contributed by atoms with Crippen LogP contribution in [0.5, 0.6) is 0 Å². The van der Waals surface area contributed by atoms with Gasteiger partial charge in [0.05, 0.1) is 11.5 Å². The summed E-state index contributed by atoms with van der Waals surface area (Å²) in [6.07, 6.45) is 4.02. The molecule has 0 aliphatic heterocycles. The van der Waals surface area contributed by atoms with Gasteiger partial charge in [0.2, 0.25) is 0 Å². The van der Waals surface area contributed by atoms with Crippen LogP contribution in [0.2, 0.25) is 0 Å². The van der Waals surface area contributed by atoms with Crippen LogP contribution in [0.15, 0.2) is 48.8 Å². The van der Waals surface area contributed by atoms with Gasteiger partial charge in [0, 0.05) is 12.4 Å². The van der Waals surface area contributed by atoms with E-state index in [1.54, 1.807) is 25.3 Å². The number of hydrogen-bond donors (Lipinski definition) is 0. The van der Waals surface area contributed by atoms with Crippen LogP contribution < -0.4 is 0 Å². The summed E-state index contributed by atoms with van der Waals surface area (Å²) in [5, 5.41) is 0. The summed E-state index contributed by atoms with van der Waals surface area (Å²) in [5.74, 6) is -0.586. The van der Waals surface area contributed by atoms with Gasteiger partial charge in [0.15, 0.2) is 0 Å². The van der Waals surface area contributed by atoms with E-state index >= 15 is 0 Å². The molecular weight excluding hydrogens is 330 g/mol. The highest BCUT2D eigenvalue weighted by Crippen LogP contribution is 2.18. The van der Waals surface area contributed by atoms with Gasteiger partial charge in [-0.15, -0.1) is 0 Å². The van der Waals surface area contributed by atoms with Crippen LogP contribution in [0.4, 0.5) is 0 Å². The van der Waals surface area contributed by atoms with Crippen LogP contribution >= 0.6 is 0 Å². The molecule has 1 atom stereocenters. The second-order valence-corrected chi connectivity index (χ2v) is 6.61. The number of nitrogens with zero attached hydrogens (tertiary/aromatic N) is 1. The average molecular weight is 355 g/mol. The molecule has 0 radical (unpaired) electrons. The third kappa shape index (κ3) is 5.99. The summed E-state index contributed by atoms with van der Waals surface area (Å²) in [6, 6.07) is 11.3. The fourth-order valence-electron chi connectivity index (χ4n) is 2.52. The van der Waals surface area contributed by atoms with Gasteiger partial charge in [-0.3, -0.25) is 9.78 Å². The van der Waals surface area contributed by atoms with Crippen molar-refractivity contribution in [2.75, 3.05) is 13.2 Å². The molecule has 138 valence electrons. The quantitative estimate of drug-likeness (QED) is 0.532. The van der Waals surface area contributed by atoms with E-state index < -0.39 is 5.97 Å². The molecule has 1 unspecified atom stereocenters. The first-order valence-electron chi connectivity index (χ1n) is 8.80.